The first-order chi connectivity index (χ1) is 12.0. The fraction of sp³-hybridized carbons (Fsp3) is 0.176. The number of aryl methyl sites for hydroxylation is 1. The van der Waals surface area contributed by atoms with E-state index in [0.717, 1.165) is 4.88 Å². The normalized spacial score (nSPS) is 11.8. The Hall–Kier alpha value is -3.00. The fourth-order valence-electron chi connectivity index (χ4n) is 2.17. The molecule has 1 atom stereocenters. The topological polar surface area (TPSA) is 88.9 Å². The lowest BCUT2D eigenvalue weighted by Crippen LogP contribution is -2.24. The van der Waals surface area contributed by atoms with Crippen molar-refractivity contribution < 1.29 is 9.59 Å². The van der Waals surface area contributed by atoms with Crippen LogP contribution in [0.3, 0.4) is 0 Å². The van der Waals surface area contributed by atoms with Gasteiger partial charge in [0.15, 0.2) is 0 Å². The summed E-state index contributed by atoms with van der Waals surface area (Å²) in [5.41, 5.74) is 1.31. The molecule has 7 nitrogen and oxygen atoms in total. The Labute approximate surface area is 148 Å². The largest absolute Gasteiger partial charge is 0.324 e. The second-order valence-electron chi connectivity index (χ2n) is 5.48. The molecular weight excluding hydrogens is 338 g/mol. The van der Waals surface area contributed by atoms with E-state index < -0.39 is 6.04 Å². The van der Waals surface area contributed by atoms with Crippen molar-refractivity contribution in [3.05, 3.63) is 58.8 Å². The van der Waals surface area contributed by atoms with Crippen molar-refractivity contribution in [2.24, 2.45) is 0 Å². The number of thiophene rings is 1. The van der Waals surface area contributed by atoms with E-state index in [2.05, 4.69) is 20.7 Å². The molecule has 25 heavy (non-hydrogen) atoms. The molecule has 2 N–H and O–H groups in total. The maximum atomic E-state index is 12.2. The second-order valence-corrected chi connectivity index (χ2v) is 6.77. The Bertz CT molecular complexity index is 871. The number of aromatic nitrogens is 3. The van der Waals surface area contributed by atoms with E-state index in [1.807, 2.05) is 13.0 Å². The van der Waals surface area contributed by atoms with Gasteiger partial charge >= 0.3 is 0 Å². The Morgan fingerprint density at radius 1 is 1.08 bits per heavy atom. The van der Waals surface area contributed by atoms with Gasteiger partial charge in [-0.3, -0.25) is 9.59 Å². The lowest BCUT2D eigenvalue weighted by Gasteiger charge is -2.12. The molecular formula is C17H17N5O2S. The van der Waals surface area contributed by atoms with Gasteiger partial charge in [0.2, 0.25) is 5.91 Å². The highest BCUT2D eigenvalue weighted by Crippen LogP contribution is 2.19. The maximum Gasteiger partial charge on any atom is 0.265 e. The van der Waals surface area contributed by atoms with Gasteiger partial charge in [-0.05, 0) is 50.2 Å². The molecule has 2 amide bonds. The molecule has 3 rings (SSSR count). The van der Waals surface area contributed by atoms with Gasteiger partial charge in [0, 0.05) is 16.3 Å². The molecule has 0 saturated heterocycles. The zero-order valence-corrected chi connectivity index (χ0v) is 14.6. The molecule has 0 aliphatic rings. The maximum absolute atomic E-state index is 12.2. The summed E-state index contributed by atoms with van der Waals surface area (Å²) in [5.74, 6) is -0.342. The summed E-state index contributed by atoms with van der Waals surface area (Å²) in [7, 11) is 0. The van der Waals surface area contributed by atoms with E-state index in [9.17, 15) is 9.59 Å². The number of carbonyl (C=O) groups excluding carboxylic acids is 2. The molecule has 8 heteroatoms. The van der Waals surface area contributed by atoms with Gasteiger partial charge in [0.05, 0.1) is 4.88 Å². The van der Waals surface area contributed by atoms with Crippen LogP contribution in [0.2, 0.25) is 0 Å². The van der Waals surface area contributed by atoms with Crippen LogP contribution in [-0.4, -0.2) is 26.6 Å². The van der Waals surface area contributed by atoms with Gasteiger partial charge < -0.3 is 10.6 Å². The zero-order chi connectivity index (χ0) is 17.8. The summed E-state index contributed by atoms with van der Waals surface area (Å²) in [6, 6.07) is 10.2. The third-order valence-corrected chi connectivity index (χ3v) is 4.59. The summed E-state index contributed by atoms with van der Waals surface area (Å²) >= 11 is 1.45. The van der Waals surface area contributed by atoms with Gasteiger partial charge in [-0.25, -0.2) is 9.67 Å². The van der Waals surface area contributed by atoms with Gasteiger partial charge in [-0.1, -0.05) is 0 Å². The Kier molecular flexibility index (Phi) is 4.90. The van der Waals surface area contributed by atoms with Crippen LogP contribution < -0.4 is 10.6 Å². The smallest absolute Gasteiger partial charge is 0.265 e. The molecule has 0 fully saturated rings. The summed E-state index contributed by atoms with van der Waals surface area (Å²) in [5, 5.41) is 9.60. The van der Waals surface area contributed by atoms with Crippen molar-refractivity contribution in [1.29, 1.82) is 0 Å². The molecule has 1 unspecified atom stereocenters. The molecule has 0 spiro atoms. The van der Waals surface area contributed by atoms with Crippen LogP contribution in [0.1, 0.15) is 27.5 Å². The lowest BCUT2D eigenvalue weighted by molar-refractivity contribution is -0.119. The third kappa shape index (κ3) is 4.10. The molecule has 0 aliphatic heterocycles. The molecule has 1 aromatic carbocycles. The SMILES string of the molecule is Cc1ccc(C(=O)Nc2ccc(NC(=O)C(C)n3cncn3)cc2)s1. The summed E-state index contributed by atoms with van der Waals surface area (Å²) in [6.07, 6.45) is 2.88. The van der Waals surface area contributed by atoms with Crippen molar-refractivity contribution in [1.82, 2.24) is 14.8 Å². The third-order valence-electron chi connectivity index (χ3n) is 3.59. The van der Waals surface area contributed by atoms with E-state index >= 15 is 0 Å². The van der Waals surface area contributed by atoms with E-state index in [0.29, 0.717) is 16.3 Å². The van der Waals surface area contributed by atoms with Crippen LogP contribution >= 0.6 is 11.3 Å². The first-order valence-electron chi connectivity index (χ1n) is 7.66. The molecule has 0 radical (unpaired) electrons. The molecule has 2 aromatic heterocycles. The highest BCUT2D eigenvalue weighted by Gasteiger charge is 2.15. The summed E-state index contributed by atoms with van der Waals surface area (Å²) < 4.78 is 1.48. The molecule has 0 saturated carbocycles. The number of nitrogens with zero attached hydrogens (tertiary/aromatic N) is 3. The van der Waals surface area contributed by atoms with Crippen molar-refractivity contribution in [2.75, 3.05) is 10.6 Å². The monoisotopic (exact) mass is 355 g/mol. The van der Waals surface area contributed by atoms with Crippen LogP contribution in [0.4, 0.5) is 11.4 Å². The molecule has 0 bridgehead atoms. The van der Waals surface area contributed by atoms with Gasteiger partial charge in [-0.2, -0.15) is 5.10 Å². The Morgan fingerprint density at radius 3 is 2.32 bits per heavy atom. The average Bonchev–Trinajstić information content (AvgIpc) is 3.27. The Balaban J connectivity index is 1.60. The number of amides is 2. The molecule has 3 aromatic rings. The van der Waals surface area contributed by atoms with Crippen LogP contribution in [-0.2, 0) is 4.79 Å². The minimum Gasteiger partial charge on any atom is -0.324 e. The highest BCUT2D eigenvalue weighted by atomic mass is 32.1. The Morgan fingerprint density at radius 2 is 1.76 bits per heavy atom. The lowest BCUT2D eigenvalue weighted by atomic mass is 10.2. The minimum absolute atomic E-state index is 0.144. The minimum atomic E-state index is -0.469. The average molecular weight is 355 g/mol. The first-order valence-corrected chi connectivity index (χ1v) is 8.47. The van der Waals surface area contributed by atoms with Gasteiger partial charge in [0.25, 0.3) is 5.91 Å². The van der Waals surface area contributed by atoms with Crippen molar-refractivity contribution in [2.45, 2.75) is 19.9 Å². The van der Waals surface area contributed by atoms with Crippen LogP contribution in [0.5, 0.6) is 0 Å². The van der Waals surface area contributed by atoms with Crippen molar-refractivity contribution in [3.63, 3.8) is 0 Å². The van der Waals surface area contributed by atoms with Gasteiger partial charge in [0.1, 0.15) is 18.7 Å². The summed E-state index contributed by atoms with van der Waals surface area (Å²) in [6.45, 7) is 3.70. The standard InChI is InChI=1S/C17H17N5O2S/c1-11-3-8-15(25-11)17(24)21-14-6-4-13(5-7-14)20-16(23)12(2)22-10-18-9-19-22/h3-10,12H,1-2H3,(H,20,23)(H,21,24). The fourth-order valence-corrected chi connectivity index (χ4v) is 2.93. The second kappa shape index (κ2) is 7.27. The zero-order valence-electron chi connectivity index (χ0n) is 13.8. The number of hydrogen-bond acceptors (Lipinski definition) is 5. The number of rotatable bonds is 5. The predicted octanol–water partition coefficient (Wildman–Crippen LogP) is 3.10. The molecule has 128 valence electrons. The first kappa shape index (κ1) is 16.8. The van der Waals surface area contributed by atoms with Gasteiger partial charge in [-0.15, -0.1) is 11.3 Å². The molecule has 2 heterocycles. The number of nitrogens with one attached hydrogen (secondary N) is 2. The predicted molar refractivity (Wildman–Crippen MR) is 96.8 cm³/mol. The van der Waals surface area contributed by atoms with Crippen LogP contribution in [0, 0.1) is 6.92 Å². The molecule has 0 aliphatic carbocycles. The van der Waals surface area contributed by atoms with E-state index in [-0.39, 0.29) is 11.8 Å². The van der Waals surface area contributed by atoms with Crippen LogP contribution in [0.15, 0.2) is 49.1 Å². The number of hydrogen-bond donors (Lipinski definition) is 2. The van der Waals surface area contributed by atoms with E-state index in [1.165, 1.54) is 28.7 Å². The quantitative estimate of drug-likeness (QED) is 0.736. The summed E-state index contributed by atoms with van der Waals surface area (Å²) in [4.78, 5) is 29.9. The van der Waals surface area contributed by atoms with E-state index in [4.69, 9.17) is 0 Å². The van der Waals surface area contributed by atoms with Crippen molar-refractivity contribution in [3.8, 4) is 0 Å². The van der Waals surface area contributed by atoms with E-state index in [1.54, 1.807) is 37.3 Å². The number of carbonyl (C=O) groups is 2. The number of benzene rings is 1. The van der Waals surface area contributed by atoms with Crippen molar-refractivity contribution >= 4 is 34.5 Å². The van der Waals surface area contributed by atoms with Crippen LogP contribution in [0.25, 0.3) is 0 Å². The number of anilines is 2. The highest BCUT2D eigenvalue weighted by molar-refractivity contribution is 7.14.